The van der Waals surface area contributed by atoms with Crippen molar-refractivity contribution in [2.24, 2.45) is 0 Å². The lowest BCUT2D eigenvalue weighted by molar-refractivity contribution is -0.385. The van der Waals surface area contributed by atoms with Crippen LogP contribution >= 0.6 is 0 Å². The summed E-state index contributed by atoms with van der Waals surface area (Å²) in [5, 5.41) is 40.4. The second-order valence-corrected chi connectivity index (χ2v) is 5.81. The number of hydrazine groups is 1. The monoisotopic (exact) mass is 425 g/mol. The van der Waals surface area contributed by atoms with Gasteiger partial charge < -0.3 is 4.90 Å². The molecule has 1 aromatic carbocycles. The van der Waals surface area contributed by atoms with Gasteiger partial charge in [-0.15, -0.1) is 0 Å². The van der Waals surface area contributed by atoms with Gasteiger partial charge >= 0.3 is 5.69 Å². The van der Waals surface area contributed by atoms with Gasteiger partial charge in [-0.3, -0.25) is 35.9 Å². The van der Waals surface area contributed by atoms with Crippen molar-refractivity contribution in [3.63, 3.8) is 0 Å². The largest absolute Gasteiger partial charge is 0.355 e. The SMILES string of the molecule is N#CCCN(CCC#N)c1ncnc(NNC(=O)c2ccccc2[N+](=O)[O-])c1[N+](=O)[O-]. The molecule has 0 aliphatic rings. The maximum atomic E-state index is 12.4. The zero-order chi connectivity index (χ0) is 22.8. The van der Waals surface area contributed by atoms with Gasteiger partial charge in [0.1, 0.15) is 11.9 Å². The number of hydrogen-bond acceptors (Lipinski definition) is 11. The van der Waals surface area contributed by atoms with Gasteiger partial charge in [0.2, 0.25) is 11.6 Å². The van der Waals surface area contributed by atoms with Crippen LogP contribution in [0.1, 0.15) is 23.2 Å². The molecule has 2 rings (SSSR count). The van der Waals surface area contributed by atoms with Crippen molar-refractivity contribution in [3.05, 3.63) is 56.4 Å². The summed E-state index contributed by atoms with van der Waals surface area (Å²) >= 11 is 0. The number of anilines is 2. The van der Waals surface area contributed by atoms with E-state index in [-0.39, 0.29) is 43.1 Å². The maximum absolute atomic E-state index is 12.4. The number of carbonyl (C=O) groups is 1. The van der Waals surface area contributed by atoms with Crippen LogP contribution in [0.25, 0.3) is 0 Å². The second-order valence-electron chi connectivity index (χ2n) is 5.81. The third-order valence-corrected chi connectivity index (χ3v) is 3.91. The Balaban J connectivity index is 2.33. The van der Waals surface area contributed by atoms with Crippen LogP contribution < -0.4 is 15.8 Å². The lowest BCUT2D eigenvalue weighted by Crippen LogP contribution is -2.32. The van der Waals surface area contributed by atoms with Crippen LogP contribution in [0.4, 0.5) is 23.0 Å². The van der Waals surface area contributed by atoms with Gasteiger partial charge in [0.15, 0.2) is 0 Å². The third kappa shape index (κ3) is 5.58. The van der Waals surface area contributed by atoms with Crippen LogP contribution in [-0.4, -0.2) is 38.8 Å². The summed E-state index contributed by atoms with van der Waals surface area (Å²) in [6.07, 6.45) is 1.07. The highest BCUT2D eigenvalue weighted by Gasteiger charge is 2.28. The highest BCUT2D eigenvalue weighted by Crippen LogP contribution is 2.31. The fraction of sp³-hybridized carbons (Fsp3) is 0.235. The van der Waals surface area contributed by atoms with Crippen LogP contribution in [0.3, 0.4) is 0 Å². The highest BCUT2D eigenvalue weighted by atomic mass is 16.6. The third-order valence-electron chi connectivity index (χ3n) is 3.91. The van der Waals surface area contributed by atoms with Crippen molar-refractivity contribution in [1.29, 1.82) is 10.5 Å². The van der Waals surface area contributed by atoms with Gasteiger partial charge in [-0.2, -0.15) is 10.5 Å². The first-order valence-electron chi connectivity index (χ1n) is 8.68. The number of hydrogen-bond donors (Lipinski definition) is 2. The molecule has 0 saturated heterocycles. The Morgan fingerprint density at radius 3 is 2.29 bits per heavy atom. The molecule has 0 radical (unpaired) electrons. The predicted molar refractivity (Wildman–Crippen MR) is 106 cm³/mol. The average molecular weight is 425 g/mol. The van der Waals surface area contributed by atoms with Gasteiger partial charge in [-0.05, 0) is 6.07 Å². The fourth-order valence-corrected chi connectivity index (χ4v) is 2.56. The zero-order valence-electron chi connectivity index (χ0n) is 15.9. The maximum Gasteiger partial charge on any atom is 0.355 e. The van der Waals surface area contributed by atoms with E-state index in [9.17, 15) is 25.0 Å². The number of rotatable bonds is 10. The predicted octanol–water partition coefficient (Wildman–Crippen LogP) is 1.68. The van der Waals surface area contributed by atoms with Crippen molar-refractivity contribution in [3.8, 4) is 12.1 Å². The summed E-state index contributed by atoms with van der Waals surface area (Å²) in [5.74, 6) is -1.43. The Bertz CT molecular complexity index is 1060. The molecule has 0 spiro atoms. The zero-order valence-corrected chi connectivity index (χ0v) is 15.9. The van der Waals surface area contributed by atoms with E-state index in [1.54, 1.807) is 0 Å². The minimum atomic E-state index is -0.910. The summed E-state index contributed by atoms with van der Waals surface area (Å²) < 4.78 is 0. The molecule has 1 aromatic heterocycles. The lowest BCUT2D eigenvalue weighted by atomic mass is 10.2. The van der Waals surface area contributed by atoms with E-state index in [2.05, 4.69) is 20.8 Å². The molecular formula is C17H15N9O5. The summed E-state index contributed by atoms with van der Waals surface area (Å²) in [5.41, 5.74) is 3.14. The van der Waals surface area contributed by atoms with Crippen LogP contribution in [-0.2, 0) is 0 Å². The topological polar surface area (TPSA) is 204 Å². The first-order chi connectivity index (χ1) is 14.9. The minimum absolute atomic E-state index is 0.0315. The van der Waals surface area contributed by atoms with E-state index in [0.29, 0.717) is 0 Å². The summed E-state index contributed by atoms with van der Waals surface area (Å²) in [4.78, 5) is 42.7. The minimum Gasteiger partial charge on any atom is -0.349 e. The summed E-state index contributed by atoms with van der Waals surface area (Å²) in [6, 6.07) is 9.01. The molecule has 14 heteroatoms. The van der Waals surface area contributed by atoms with Crippen molar-refractivity contribution in [1.82, 2.24) is 15.4 Å². The number of nitrogens with zero attached hydrogens (tertiary/aromatic N) is 7. The number of amides is 1. The number of carbonyl (C=O) groups excluding carboxylic acids is 1. The van der Waals surface area contributed by atoms with Gasteiger partial charge in [-0.25, -0.2) is 9.97 Å². The Hall–Kier alpha value is -4.85. The standard InChI is InChI=1S/C17H15N9O5/c18-7-3-9-24(10-4-8-19)16-14(26(30)31)15(20-11-21-16)22-23-17(27)12-5-1-2-6-13(12)25(28)29/h1-2,5-6,11H,3-4,9-10H2,(H,23,27)(H,20,21,22). The summed E-state index contributed by atoms with van der Waals surface area (Å²) in [6.45, 7) is 0.163. The molecule has 1 heterocycles. The molecule has 0 bridgehead atoms. The lowest BCUT2D eigenvalue weighted by Gasteiger charge is -2.21. The van der Waals surface area contributed by atoms with Crippen LogP contribution in [0.2, 0.25) is 0 Å². The quantitative estimate of drug-likeness (QED) is 0.413. The normalized spacial score (nSPS) is 9.74. The van der Waals surface area contributed by atoms with Crippen molar-refractivity contribution >= 4 is 28.9 Å². The molecule has 158 valence electrons. The molecule has 0 aliphatic carbocycles. The molecule has 1 amide bonds. The van der Waals surface area contributed by atoms with Gasteiger partial charge in [0.05, 0.1) is 34.8 Å². The molecule has 14 nitrogen and oxygen atoms in total. The van der Waals surface area contributed by atoms with Crippen molar-refractivity contribution in [2.75, 3.05) is 23.4 Å². The van der Waals surface area contributed by atoms with E-state index in [1.807, 2.05) is 12.1 Å². The number of aromatic nitrogens is 2. The number of nitro benzene ring substituents is 1. The highest BCUT2D eigenvalue weighted by molar-refractivity contribution is 5.98. The molecule has 31 heavy (non-hydrogen) atoms. The Labute approximate surface area is 175 Å². The van der Waals surface area contributed by atoms with E-state index in [0.717, 1.165) is 12.4 Å². The van der Waals surface area contributed by atoms with Crippen molar-refractivity contribution in [2.45, 2.75) is 12.8 Å². The first kappa shape index (κ1) is 22.4. The van der Waals surface area contributed by atoms with Crippen LogP contribution in [0, 0.1) is 42.9 Å². The van der Waals surface area contributed by atoms with Gasteiger partial charge in [0, 0.05) is 19.2 Å². The van der Waals surface area contributed by atoms with Crippen molar-refractivity contribution < 1.29 is 14.6 Å². The number of para-hydroxylation sites is 1. The fourth-order valence-electron chi connectivity index (χ4n) is 2.56. The van der Waals surface area contributed by atoms with Crippen LogP contribution in [0.5, 0.6) is 0 Å². The number of benzene rings is 1. The molecule has 0 fully saturated rings. The van der Waals surface area contributed by atoms with Crippen LogP contribution in [0.15, 0.2) is 30.6 Å². The van der Waals surface area contributed by atoms with E-state index in [4.69, 9.17) is 10.5 Å². The van der Waals surface area contributed by atoms with E-state index >= 15 is 0 Å². The van der Waals surface area contributed by atoms with Gasteiger partial charge in [0.25, 0.3) is 11.6 Å². The average Bonchev–Trinajstić information content (AvgIpc) is 2.77. The molecule has 0 unspecified atom stereocenters. The Morgan fingerprint density at radius 1 is 1.06 bits per heavy atom. The first-order valence-corrected chi connectivity index (χ1v) is 8.68. The Morgan fingerprint density at radius 2 is 1.71 bits per heavy atom. The van der Waals surface area contributed by atoms with E-state index in [1.165, 1.54) is 23.1 Å². The molecular weight excluding hydrogens is 410 g/mol. The number of nitriles is 2. The van der Waals surface area contributed by atoms with E-state index < -0.39 is 27.1 Å². The molecule has 0 aliphatic heterocycles. The molecule has 0 saturated carbocycles. The Kier molecular flexibility index (Phi) is 7.69. The van der Waals surface area contributed by atoms with Gasteiger partial charge in [-0.1, -0.05) is 12.1 Å². The molecule has 2 N–H and O–H groups in total. The molecule has 2 aromatic rings. The second kappa shape index (κ2) is 10.6. The smallest absolute Gasteiger partial charge is 0.349 e. The number of nitrogens with one attached hydrogen (secondary N) is 2. The number of nitro groups is 2. The summed E-state index contributed by atoms with van der Waals surface area (Å²) in [7, 11) is 0. The molecule has 0 atom stereocenters.